The molecule has 4 rings (SSSR count). The third-order valence-corrected chi connectivity index (χ3v) is 5.03. The van der Waals surface area contributed by atoms with E-state index in [0.29, 0.717) is 29.7 Å². The lowest BCUT2D eigenvalue weighted by atomic mass is 10.2. The summed E-state index contributed by atoms with van der Waals surface area (Å²) in [6.45, 7) is 4.02. The van der Waals surface area contributed by atoms with Crippen LogP contribution in [0, 0.1) is 0 Å². The Bertz CT molecular complexity index is 985. The van der Waals surface area contributed by atoms with Gasteiger partial charge in [-0.25, -0.2) is 9.97 Å². The average Bonchev–Trinajstić information content (AvgIpc) is 3.27. The topological polar surface area (TPSA) is 95.6 Å². The second-order valence-corrected chi connectivity index (χ2v) is 7.21. The Morgan fingerprint density at radius 1 is 1.17 bits per heavy atom. The van der Waals surface area contributed by atoms with Gasteiger partial charge in [0.1, 0.15) is 0 Å². The van der Waals surface area contributed by atoms with Crippen molar-refractivity contribution in [1.82, 2.24) is 30.3 Å². The van der Waals surface area contributed by atoms with Gasteiger partial charge < -0.3 is 19.6 Å². The van der Waals surface area contributed by atoms with Crippen LogP contribution in [0.2, 0.25) is 5.02 Å². The van der Waals surface area contributed by atoms with Crippen LogP contribution in [-0.4, -0.2) is 70.7 Å². The summed E-state index contributed by atoms with van der Waals surface area (Å²) < 4.78 is 5.36. The second-order valence-electron chi connectivity index (χ2n) is 6.77. The van der Waals surface area contributed by atoms with Crippen LogP contribution in [0.3, 0.4) is 0 Å². The van der Waals surface area contributed by atoms with E-state index in [1.165, 1.54) is 0 Å². The molecule has 1 fully saturated rings. The number of nitrogens with one attached hydrogen (secondary N) is 1. The minimum Gasteiger partial charge on any atom is -0.356 e. The van der Waals surface area contributed by atoms with E-state index in [9.17, 15) is 0 Å². The van der Waals surface area contributed by atoms with Crippen LogP contribution in [-0.2, 0) is 6.42 Å². The normalized spacial score (nSPS) is 14.8. The number of nitrogens with zero attached hydrogens (tertiary/aromatic N) is 7. The first kappa shape index (κ1) is 20.1. The smallest absolute Gasteiger partial charge is 0.228 e. The fourth-order valence-corrected chi connectivity index (χ4v) is 3.48. The number of halogens is 1. The third-order valence-electron chi connectivity index (χ3n) is 4.80. The highest BCUT2D eigenvalue weighted by Crippen LogP contribution is 2.20. The minimum atomic E-state index is 0.538. The summed E-state index contributed by atoms with van der Waals surface area (Å²) in [5.74, 6) is 2.74. The highest BCUT2D eigenvalue weighted by molar-refractivity contribution is 6.30. The Labute approximate surface area is 179 Å². The number of rotatable bonds is 5. The highest BCUT2D eigenvalue weighted by Gasteiger charge is 2.21. The molecule has 0 radical (unpaired) electrons. The number of anilines is 1. The number of aliphatic imine (C=N–C) groups is 1. The maximum Gasteiger partial charge on any atom is 0.228 e. The van der Waals surface area contributed by atoms with Crippen LogP contribution >= 0.6 is 11.6 Å². The SMILES string of the molecule is CN=C(NCCc1nc(-c2cccc(Cl)c2)no1)N1CCN(c2ncccn2)CC1. The largest absolute Gasteiger partial charge is 0.356 e. The molecular formula is C20H23ClN8O. The molecule has 0 atom stereocenters. The van der Waals surface area contributed by atoms with Crippen LogP contribution < -0.4 is 10.2 Å². The Morgan fingerprint density at radius 3 is 2.70 bits per heavy atom. The lowest BCUT2D eigenvalue weighted by Crippen LogP contribution is -2.53. The zero-order valence-electron chi connectivity index (χ0n) is 16.7. The summed E-state index contributed by atoms with van der Waals surface area (Å²) in [4.78, 5) is 21.9. The van der Waals surface area contributed by atoms with Crippen molar-refractivity contribution in [2.24, 2.45) is 4.99 Å². The van der Waals surface area contributed by atoms with E-state index in [4.69, 9.17) is 16.1 Å². The van der Waals surface area contributed by atoms with Crippen molar-refractivity contribution in [3.05, 3.63) is 53.6 Å². The van der Waals surface area contributed by atoms with E-state index in [-0.39, 0.29) is 0 Å². The average molecular weight is 427 g/mol. The molecule has 0 bridgehead atoms. The summed E-state index contributed by atoms with van der Waals surface area (Å²) in [5, 5.41) is 8.06. The quantitative estimate of drug-likeness (QED) is 0.489. The number of benzene rings is 1. The lowest BCUT2D eigenvalue weighted by molar-refractivity contribution is 0.363. The van der Waals surface area contributed by atoms with Crippen LogP contribution in [0.25, 0.3) is 11.4 Å². The van der Waals surface area contributed by atoms with E-state index in [1.54, 1.807) is 19.4 Å². The van der Waals surface area contributed by atoms with Crippen molar-refractivity contribution in [3.8, 4) is 11.4 Å². The molecule has 1 aromatic carbocycles. The van der Waals surface area contributed by atoms with E-state index in [0.717, 1.165) is 43.7 Å². The van der Waals surface area contributed by atoms with Crippen molar-refractivity contribution in [2.75, 3.05) is 44.7 Å². The van der Waals surface area contributed by atoms with Crippen molar-refractivity contribution in [3.63, 3.8) is 0 Å². The third kappa shape index (κ3) is 4.85. The van der Waals surface area contributed by atoms with Gasteiger partial charge in [0.2, 0.25) is 17.7 Å². The summed E-state index contributed by atoms with van der Waals surface area (Å²) in [5.41, 5.74) is 0.835. The van der Waals surface area contributed by atoms with Crippen LogP contribution in [0.1, 0.15) is 5.89 Å². The number of hydrogen-bond donors (Lipinski definition) is 1. The van der Waals surface area contributed by atoms with E-state index < -0.39 is 0 Å². The van der Waals surface area contributed by atoms with Gasteiger partial charge in [0.25, 0.3) is 0 Å². The van der Waals surface area contributed by atoms with Crippen LogP contribution in [0.4, 0.5) is 5.95 Å². The standard InChI is InChI=1S/C20H23ClN8O/c1-22-19(28-10-12-29(13-11-28)20-23-7-3-8-24-20)25-9-6-17-26-18(27-30-17)15-4-2-5-16(21)14-15/h2-5,7-8,14H,6,9-13H2,1H3,(H,22,25). The van der Waals surface area contributed by atoms with Crippen molar-refractivity contribution < 1.29 is 4.52 Å². The first-order valence-electron chi connectivity index (χ1n) is 9.79. The predicted octanol–water partition coefficient (Wildman–Crippen LogP) is 2.12. The molecule has 1 aliphatic heterocycles. The Morgan fingerprint density at radius 2 is 1.97 bits per heavy atom. The van der Waals surface area contributed by atoms with Crippen LogP contribution in [0.15, 0.2) is 52.2 Å². The predicted molar refractivity (Wildman–Crippen MR) is 116 cm³/mol. The number of guanidine groups is 1. The molecule has 3 heterocycles. The molecule has 3 aromatic rings. The molecule has 1 N–H and O–H groups in total. The molecule has 9 nitrogen and oxygen atoms in total. The molecule has 0 spiro atoms. The Hall–Kier alpha value is -3.20. The molecule has 0 unspecified atom stereocenters. The maximum atomic E-state index is 6.03. The summed E-state index contributed by atoms with van der Waals surface area (Å²) in [7, 11) is 1.79. The minimum absolute atomic E-state index is 0.538. The van der Waals surface area contributed by atoms with Gasteiger partial charge in [-0.15, -0.1) is 0 Å². The summed E-state index contributed by atoms with van der Waals surface area (Å²) >= 11 is 6.03. The van der Waals surface area contributed by atoms with Gasteiger partial charge >= 0.3 is 0 Å². The second kappa shape index (κ2) is 9.53. The molecule has 10 heteroatoms. The molecule has 0 saturated carbocycles. The first-order valence-corrected chi connectivity index (χ1v) is 10.2. The summed E-state index contributed by atoms with van der Waals surface area (Å²) in [6, 6.07) is 9.22. The number of piperazine rings is 1. The van der Waals surface area contributed by atoms with E-state index >= 15 is 0 Å². The number of aromatic nitrogens is 4. The van der Waals surface area contributed by atoms with Gasteiger partial charge in [-0.1, -0.05) is 28.9 Å². The van der Waals surface area contributed by atoms with Crippen molar-refractivity contribution in [1.29, 1.82) is 0 Å². The maximum absolute atomic E-state index is 6.03. The van der Waals surface area contributed by atoms with Gasteiger partial charge in [0.15, 0.2) is 5.96 Å². The van der Waals surface area contributed by atoms with E-state index in [2.05, 4.69) is 40.2 Å². The van der Waals surface area contributed by atoms with Crippen molar-refractivity contribution in [2.45, 2.75) is 6.42 Å². The molecular weight excluding hydrogens is 404 g/mol. The molecule has 2 aromatic heterocycles. The fourth-order valence-electron chi connectivity index (χ4n) is 3.29. The summed E-state index contributed by atoms with van der Waals surface area (Å²) in [6.07, 6.45) is 4.14. The highest BCUT2D eigenvalue weighted by atomic mass is 35.5. The molecule has 30 heavy (non-hydrogen) atoms. The Kier molecular flexibility index (Phi) is 6.38. The van der Waals surface area contributed by atoms with E-state index in [1.807, 2.05) is 30.3 Å². The van der Waals surface area contributed by atoms with Gasteiger partial charge in [-0.3, -0.25) is 4.99 Å². The molecule has 0 aliphatic carbocycles. The zero-order valence-corrected chi connectivity index (χ0v) is 17.5. The zero-order chi connectivity index (χ0) is 20.8. The van der Waals surface area contributed by atoms with Gasteiger partial charge in [0, 0.05) is 69.2 Å². The van der Waals surface area contributed by atoms with Crippen LogP contribution in [0.5, 0.6) is 0 Å². The van der Waals surface area contributed by atoms with Gasteiger partial charge in [-0.05, 0) is 18.2 Å². The molecule has 156 valence electrons. The first-order chi connectivity index (χ1) is 14.7. The fraction of sp³-hybridized carbons (Fsp3) is 0.350. The lowest BCUT2D eigenvalue weighted by Gasteiger charge is -2.36. The molecule has 1 saturated heterocycles. The van der Waals surface area contributed by atoms with Crippen molar-refractivity contribution >= 4 is 23.5 Å². The monoisotopic (exact) mass is 426 g/mol. The molecule has 1 aliphatic rings. The molecule has 0 amide bonds. The number of hydrogen-bond acceptors (Lipinski definition) is 7. The van der Waals surface area contributed by atoms with Gasteiger partial charge in [-0.2, -0.15) is 4.98 Å². The van der Waals surface area contributed by atoms with Gasteiger partial charge in [0.05, 0.1) is 0 Å². The Balaban J connectivity index is 1.27.